The minimum Gasteiger partial charge on any atom is -0.369 e. The van der Waals surface area contributed by atoms with E-state index in [-0.39, 0.29) is 0 Å². The van der Waals surface area contributed by atoms with Crippen LogP contribution >= 0.6 is 15.9 Å². The first-order valence-electron chi connectivity index (χ1n) is 6.76. The third-order valence-corrected chi connectivity index (χ3v) is 4.69. The van der Waals surface area contributed by atoms with Crippen molar-refractivity contribution in [3.05, 3.63) is 28.2 Å². The summed E-state index contributed by atoms with van der Waals surface area (Å²) in [6.07, 6.45) is 1.30. The Morgan fingerprint density at radius 2 is 2.11 bits per heavy atom. The Hall–Kier alpha value is -0.540. The molecule has 18 heavy (non-hydrogen) atoms. The molecule has 0 spiro atoms. The number of anilines is 1. The second-order valence-corrected chi connectivity index (χ2v) is 6.41. The third kappa shape index (κ3) is 2.72. The molecule has 3 atom stereocenters. The van der Waals surface area contributed by atoms with Gasteiger partial charge < -0.3 is 10.2 Å². The monoisotopic (exact) mass is 310 g/mol. The SMILES string of the molecule is CNC(C)c1ccc(N2CC(C)CC2C)cc1Br. The summed E-state index contributed by atoms with van der Waals surface area (Å²) in [6.45, 7) is 8.01. The zero-order chi connectivity index (χ0) is 13.3. The van der Waals surface area contributed by atoms with E-state index in [9.17, 15) is 0 Å². The van der Waals surface area contributed by atoms with Gasteiger partial charge in [-0.05, 0) is 50.9 Å². The fourth-order valence-corrected chi connectivity index (χ4v) is 3.57. The number of nitrogens with one attached hydrogen (secondary N) is 1. The normalized spacial score (nSPS) is 25.5. The van der Waals surface area contributed by atoms with E-state index in [1.807, 2.05) is 7.05 Å². The van der Waals surface area contributed by atoms with Crippen LogP contribution in [0.4, 0.5) is 5.69 Å². The first kappa shape index (κ1) is 13.9. The van der Waals surface area contributed by atoms with Gasteiger partial charge in [0.15, 0.2) is 0 Å². The zero-order valence-electron chi connectivity index (χ0n) is 11.7. The van der Waals surface area contributed by atoms with Crippen molar-refractivity contribution >= 4 is 21.6 Å². The molecule has 0 amide bonds. The van der Waals surface area contributed by atoms with Gasteiger partial charge in [-0.3, -0.25) is 0 Å². The molecule has 100 valence electrons. The molecule has 2 nitrogen and oxygen atoms in total. The lowest BCUT2D eigenvalue weighted by molar-refractivity contribution is 0.625. The maximum Gasteiger partial charge on any atom is 0.0380 e. The molecule has 3 unspecified atom stereocenters. The molecular formula is C15H23BrN2. The lowest BCUT2D eigenvalue weighted by Gasteiger charge is -2.25. The summed E-state index contributed by atoms with van der Waals surface area (Å²) in [5.41, 5.74) is 2.66. The van der Waals surface area contributed by atoms with Crippen molar-refractivity contribution in [2.45, 2.75) is 39.3 Å². The molecule has 2 rings (SSSR count). The summed E-state index contributed by atoms with van der Waals surface area (Å²) in [5, 5.41) is 3.28. The molecule has 1 aliphatic heterocycles. The molecule has 0 aliphatic carbocycles. The van der Waals surface area contributed by atoms with Crippen molar-refractivity contribution in [3.8, 4) is 0 Å². The van der Waals surface area contributed by atoms with E-state index >= 15 is 0 Å². The average Bonchev–Trinajstić information content (AvgIpc) is 2.67. The number of nitrogens with zero attached hydrogens (tertiary/aromatic N) is 1. The van der Waals surface area contributed by atoms with Crippen LogP contribution in [0, 0.1) is 5.92 Å². The van der Waals surface area contributed by atoms with Crippen molar-refractivity contribution in [1.82, 2.24) is 5.32 Å². The van der Waals surface area contributed by atoms with Gasteiger partial charge in [-0.1, -0.05) is 28.9 Å². The molecule has 1 saturated heterocycles. The van der Waals surface area contributed by atoms with Gasteiger partial charge in [0, 0.05) is 28.8 Å². The lowest BCUT2D eigenvalue weighted by atomic mass is 10.1. The third-order valence-electron chi connectivity index (χ3n) is 4.00. The van der Waals surface area contributed by atoms with E-state index < -0.39 is 0 Å². The molecule has 1 aromatic rings. The van der Waals surface area contributed by atoms with Crippen LogP contribution in [0.25, 0.3) is 0 Å². The second kappa shape index (κ2) is 5.62. The maximum atomic E-state index is 3.70. The van der Waals surface area contributed by atoms with Gasteiger partial charge in [-0.2, -0.15) is 0 Å². The average molecular weight is 311 g/mol. The minimum absolute atomic E-state index is 0.378. The Labute approximate surface area is 119 Å². The number of rotatable bonds is 3. The van der Waals surface area contributed by atoms with Crippen molar-refractivity contribution in [1.29, 1.82) is 0 Å². The van der Waals surface area contributed by atoms with E-state index in [1.54, 1.807) is 0 Å². The summed E-state index contributed by atoms with van der Waals surface area (Å²) >= 11 is 3.70. The van der Waals surface area contributed by atoms with E-state index in [4.69, 9.17) is 0 Å². The topological polar surface area (TPSA) is 15.3 Å². The van der Waals surface area contributed by atoms with Crippen molar-refractivity contribution in [3.63, 3.8) is 0 Å². The van der Waals surface area contributed by atoms with Gasteiger partial charge in [-0.25, -0.2) is 0 Å². The first-order valence-corrected chi connectivity index (χ1v) is 7.55. The highest BCUT2D eigenvalue weighted by Gasteiger charge is 2.26. The van der Waals surface area contributed by atoms with Crippen molar-refractivity contribution < 1.29 is 0 Å². The molecule has 0 radical (unpaired) electrons. The molecule has 1 aromatic carbocycles. The standard InChI is InChI=1S/C15H23BrN2/c1-10-7-11(2)18(9-10)13-5-6-14(12(3)17-4)15(16)8-13/h5-6,8,10-12,17H,7,9H2,1-4H3. The largest absolute Gasteiger partial charge is 0.369 e. The van der Waals surface area contributed by atoms with E-state index in [1.165, 1.54) is 28.7 Å². The molecule has 3 heteroatoms. The van der Waals surface area contributed by atoms with Gasteiger partial charge in [0.2, 0.25) is 0 Å². The van der Waals surface area contributed by atoms with Crippen molar-refractivity contribution in [2.75, 3.05) is 18.5 Å². The number of hydrogen-bond acceptors (Lipinski definition) is 2. The molecule has 1 fully saturated rings. The van der Waals surface area contributed by atoms with Gasteiger partial charge in [0.1, 0.15) is 0 Å². The van der Waals surface area contributed by atoms with Crippen LogP contribution in [0.2, 0.25) is 0 Å². The minimum atomic E-state index is 0.378. The van der Waals surface area contributed by atoms with Crippen LogP contribution in [0.15, 0.2) is 22.7 Å². The van der Waals surface area contributed by atoms with Gasteiger partial charge >= 0.3 is 0 Å². The van der Waals surface area contributed by atoms with Crippen LogP contribution in [-0.4, -0.2) is 19.6 Å². The van der Waals surface area contributed by atoms with Crippen LogP contribution in [0.3, 0.4) is 0 Å². The predicted molar refractivity (Wildman–Crippen MR) is 82.2 cm³/mol. The molecule has 1 N–H and O–H groups in total. The highest BCUT2D eigenvalue weighted by atomic mass is 79.9. The van der Waals surface area contributed by atoms with Gasteiger partial charge in [-0.15, -0.1) is 0 Å². The van der Waals surface area contributed by atoms with Crippen molar-refractivity contribution in [2.24, 2.45) is 5.92 Å². The molecule has 0 saturated carbocycles. The van der Waals surface area contributed by atoms with Gasteiger partial charge in [0.05, 0.1) is 0 Å². The Balaban J connectivity index is 2.24. The molecule has 0 bridgehead atoms. The fourth-order valence-electron chi connectivity index (χ4n) is 2.86. The van der Waals surface area contributed by atoms with E-state index in [2.05, 4.69) is 65.1 Å². The Kier molecular flexibility index (Phi) is 4.33. The summed E-state index contributed by atoms with van der Waals surface area (Å²) < 4.78 is 1.20. The number of halogens is 1. The predicted octanol–water partition coefficient (Wildman–Crippen LogP) is 3.96. The second-order valence-electron chi connectivity index (χ2n) is 5.56. The number of benzene rings is 1. The highest BCUT2D eigenvalue weighted by Crippen LogP contribution is 2.33. The fraction of sp³-hybridized carbons (Fsp3) is 0.600. The quantitative estimate of drug-likeness (QED) is 0.909. The smallest absolute Gasteiger partial charge is 0.0380 e. The van der Waals surface area contributed by atoms with Crippen LogP contribution in [-0.2, 0) is 0 Å². The first-order chi connectivity index (χ1) is 8.52. The lowest BCUT2D eigenvalue weighted by Crippen LogP contribution is -2.26. The summed E-state index contributed by atoms with van der Waals surface area (Å²) in [6, 6.07) is 7.78. The zero-order valence-corrected chi connectivity index (χ0v) is 13.3. The van der Waals surface area contributed by atoms with Gasteiger partial charge in [0.25, 0.3) is 0 Å². The molecule has 1 aliphatic rings. The summed E-state index contributed by atoms with van der Waals surface area (Å²) in [4.78, 5) is 2.52. The van der Waals surface area contributed by atoms with Crippen LogP contribution in [0.5, 0.6) is 0 Å². The van der Waals surface area contributed by atoms with Crippen LogP contribution in [0.1, 0.15) is 38.8 Å². The van der Waals surface area contributed by atoms with E-state index in [0.717, 1.165) is 5.92 Å². The Morgan fingerprint density at radius 3 is 2.61 bits per heavy atom. The summed E-state index contributed by atoms with van der Waals surface area (Å²) in [7, 11) is 2.00. The highest BCUT2D eigenvalue weighted by molar-refractivity contribution is 9.10. The molecular weight excluding hydrogens is 288 g/mol. The summed E-state index contributed by atoms with van der Waals surface area (Å²) in [5.74, 6) is 0.801. The Morgan fingerprint density at radius 1 is 1.39 bits per heavy atom. The van der Waals surface area contributed by atoms with E-state index in [0.29, 0.717) is 12.1 Å². The maximum absolute atomic E-state index is 3.70. The number of hydrogen-bond donors (Lipinski definition) is 1. The molecule has 1 heterocycles. The van der Waals surface area contributed by atoms with Crippen LogP contribution < -0.4 is 10.2 Å². The Bertz CT molecular complexity index is 419. The molecule has 0 aromatic heterocycles.